The smallest absolute Gasteiger partial charge is 0.186 e. The van der Waals surface area contributed by atoms with E-state index in [1.807, 2.05) is 0 Å². The van der Waals surface area contributed by atoms with Crippen molar-refractivity contribution in [2.24, 2.45) is 0 Å². The molecule has 3 heterocycles. The molecule has 2 fully saturated rings. The predicted octanol–water partition coefficient (Wildman–Crippen LogP) is 2.42. The van der Waals surface area contributed by atoms with Gasteiger partial charge in [0.15, 0.2) is 11.6 Å². The molecular formula is C15H23FN4. The van der Waals surface area contributed by atoms with E-state index in [2.05, 4.69) is 27.1 Å². The molecule has 2 bridgehead atoms. The summed E-state index contributed by atoms with van der Waals surface area (Å²) in [5.74, 6) is 0.234. The second kappa shape index (κ2) is 5.64. The Kier molecular flexibility index (Phi) is 3.87. The van der Waals surface area contributed by atoms with Crippen LogP contribution in [0.15, 0.2) is 6.33 Å². The molecule has 2 atom stereocenters. The molecular weight excluding hydrogens is 255 g/mol. The summed E-state index contributed by atoms with van der Waals surface area (Å²) in [6, 6.07) is 1.60. The predicted molar refractivity (Wildman–Crippen MR) is 77.3 cm³/mol. The Hall–Kier alpha value is -1.23. The third-order valence-electron chi connectivity index (χ3n) is 4.57. The summed E-state index contributed by atoms with van der Waals surface area (Å²) in [5.41, 5.74) is 0.438. The number of anilines is 1. The molecule has 0 spiro atoms. The van der Waals surface area contributed by atoms with Gasteiger partial charge in [-0.25, -0.2) is 14.4 Å². The summed E-state index contributed by atoms with van der Waals surface area (Å²) in [4.78, 5) is 10.3. The van der Waals surface area contributed by atoms with Gasteiger partial charge < -0.3 is 10.2 Å². The number of nitrogens with one attached hydrogen (secondary N) is 1. The van der Waals surface area contributed by atoms with E-state index < -0.39 is 0 Å². The van der Waals surface area contributed by atoms with Gasteiger partial charge in [-0.1, -0.05) is 6.92 Å². The summed E-state index contributed by atoms with van der Waals surface area (Å²) in [6.45, 7) is 4.70. The van der Waals surface area contributed by atoms with Crippen molar-refractivity contribution < 1.29 is 4.39 Å². The number of hydrogen-bond acceptors (Lipinski definition) is 4. The number of nitrogens with zero attached hydrogens (tertiary/aromatic N) is 3. The van der Waals surface area contributed by atoms with Crippen LogP contribution in [0.4, 0.5) is 10.2 Å². The van der Waals surface area contributed by atoms with Crippen molar-refractivity contribution in [2.75, 3.05) is 11.4 Å². The van der Waals surface area contributed by atoms with Gasteiger partial charge in [0.2, 0.25) is 0 Å². The highest BCUT2D eigenvalue weighted by Gasteiger charge is 2.37. The third kappa shape index (κ3) is 2.51. The second-order valence-corrected chi connectivity index (χ2v) is 6.05. The van der Waals surface area contributed by atoms with Crippen LogP contribution < -0.4 is 10.2 Å². The first-order valence-electron chi connectivity index (χ1n) is 7.68. The first kappa shape index (κ1) is 13.7. The van der Waals surface area contributed by atoms with E-state index in [-0.39, 0.29) is 5.82 Å². The molecule has 2 unspecified atom stereocenters. The Labute approximate surface area is 119 Å². The van der Waals surface area contributed by atoms with Crippen LogP contribution in [0.3, 0.4) is 0 Å². The van der Waals surface area contributed by atoms with Gasteiger partial charge in [-0.05, 0) is 39.0 Å². The molecule has 2 aliphatic heterocycles. The second-order valence-electron chi connectivity index (χ2n) is 6.05. The Morgan fingerprint density at radius 3 is 2.65 bits per heavy atom. The number of halogens is 1. The molecule has 110 valence electrons. The van der Waals surface area contributed by atoms with Gasteiger partial charge in [0, 0.05) is 24.7 Å². The van der Waals surface area contributed by atoms with Gasteiger partial charge in [-0.2, -0.15) is 0 Å². The molecule has 0 aliphatic carbocycles. The Balaban J connectivity index is 1.86. The number of rotatable bonds is 4. The van der Waals surface area contributed by atoms with Crippen LogP contribution in [0.5, 0.6) is 0 Å². The topological polar surface area (TPSA) is 41.1 Å². The van der Waals surface area contributed by atoms with Gasteiger partial charge in [-0.15, -0.1) is 0 Å². The minimum atomic E-state index is -0.258. The van der Waals surface area contributed by atoms with E-state index in [0.29, 0.717) is 29.6 Å². The van der Waals surface area contributed by atoms with Crippen LogP contribution in [-0.2, 0) is 0 Å². The van der Waals surface area contributed by atoms with Crippen molar-refractivity contribution in [3.8, 4) is 0 Å². The first-order valence-corrected chi connectivity index (χ1v) is 7.68. The monoisotopic (exact) mass is 278 g/mol. The molecule has 0 amide bonds. The summed E-state index contributed by atoms with van der Waals surface area (Å²) >= 11 is 0. The Morgan fingerprint density at radius 1 is 1.30 bits per heavy atom. The third-order valence-corrected chi connectivity index (χ3v) is 4.57. The minimum absolute atomic E-state index is 0.258. The lowest BCUT2D eigenvalue weighted by Gasteiger charge is -2.38. The molecule has 2 saturated heterocycles. The van der Waals surface area contributed by atoms with Crippen LogP contribution in [0.2, 0.25) is 0 Å². The van der Waals surface area contributed by atoms with Crippen LogP contribution in [-0.4, -0.2) is 34.6 Å². The minimum Gasteiger partial charge on any atom is -0.351 e. The van der Waals surface area contributed by atoms with Crippen molar-refractivity contribution in [3.63, 3.8) is 0 Å². The number of aromatic nitrogens is 2. The standard InChI is InChI=1S/C15H23FN4/c1-3-6-20(15-14(16)10(2)17-9-18-15)13-7-11-4-5-12(8-13)19-11/h9,11-13,19H,3-8H2,1-2H3. The molecule has 2 aliphatic rings. The zero-order valence-corrected chi connectivity index (χ0v) is 12.3. The number of fused-ring (bicyclic) bond motifs is 2. The number of aryl methyl sites for hydroxylation is 1. The van der Waals surface area contributed by atoms with Gasteiger partial charge in [-0.3, -0.25) is 0 Å². The van der Waals surface area contributed by atoms with E-state index in [4.69, 9.17) is 0 Å². The molecule has 4 nitrogen and oxygen atoms in total. The van der Waals surface area contributed by atoms with Crippen LogP contribution in [0, 0.1) is 12.7 Å². The van der Waals surface area contributed by atoms with Gasteiger partial charge in [0.1, 0.15) is 6.33 Å². The lowest BCUT2D eigenvalue weighted by atomic mass is 9.98. The molecule has 20 heavy (non-hydrogen) atoms. The summed E-state index contributed by atoms with van der Waals surface area (Å²) in [7, 11) is 0. The van der Waals surface area contributed by atoms with Crippen molar-refractivity contribution in [3.05, 3.63) is 17.8 Å². The van der Waals surface area contributed by atoms with Gasteiger partial charge in [0.05, 0.1) is 5.69 Å². The zero-order chi connectivity index (χ0) is 14.1. The Bertz CT molecular complexity index is 467. The lowest BCUT2D eigenvalue weighted by molar-refractivity contribution is 0.343. The van der Waals surface area contributed by atoms with Crippen molar-refractivity contribution in [2.45, 2.75) is 64.1 Å². The molecule has 3 rings (SSSR count). The van der Waals surface area contributed by atoms with Crippen molar-refractivity contribution in [1.29, 1.82) is 0 Å². The molecule has 1 aromatic heterocycles. The maximum absolute atomic E-state index is 14.4. The number of hydrogen-bond donors (Lipinski definition) is 1. The lowest BCUT2D eigenvalue weighted by Crippen LogP contribution is -2.49. The fraction of sp³-hybridized carbons (Fsp3) is 0.733. The fourth-order valence-corrected chi connectivity index (χ4v) is 3.63. The molecule has 0 radical (unpaired) electrons. The van der Waals surface area contributed by atoms with E-state index in [1.165, 1.54) is 19.2 Å². The maximum Gasteiger partial charge on any atom is 0.186 e. The first-order chi connectivity index (χ1) is 9.69. The van der Waals surface area contributed by atoms with E-state index in [0.717, 1.165) is 25.8 Å². The maximum atomic E-state index is 14.4. The average molecular weight is 278 g/mol. The SMILES string of the molecule is CCCN(c1ncnc(C)c1F)C1CC2CCC(C1)N2. The highest BCUT2D eigenvalue weighted by atomic mass is 19.1. The molecule has 0 saturated carbocycles. The molecule has 5 heteroatoms. The molecule has 0 aromatic carbocycles. The van der Waals surface area contributed by atoms with Gasteiger partial charge in [0.25, 0.3) is 0 Å². The normalized spacial score (nSPS) is 28.6. The highest BCUT2D eigenvalue weighted by molar-refractivity contribution is 5.42. The van der Waals surface area contributed by atoms with E-state index >= 15 is 0 Å². The van der Waals surface area contributed by atoms with Crippen molar-refractivity contribution in [1.82, 2.24) is 15.3 Å². The Morgan fingerprint density at radius 2 is 2.00 bits per heavy atom. The van der Waals surface area contributed by atoms with Crippen LogP contribution in [0.25, 0.3) is 0 Å². The van der Waals surface area contributed by atoms with Crippen molar-refractivity contribution >= 4 is 5.82 Å². The summed E-state index contributed by atoms with van der Waals surface area (Å²) in [6.07, 6.45) is 7.19. The quantitative estimate of drug-likeness (QED) is 0.918. The summed E-state index contributed by atoms with van der Waals surface area (Å²) in [5, 5.41) is 3.64. The fourth-order valence-electron chi connectivity index (χ4n) is 3.63. The largest absolute Gasteiger partial charge is 0.351 e. The van der Waals surface area contributed by atoms with Crippen LogP contribution in [0.1, 0.15) is 44.7 Å². The molecule has 1 N–H and O–H groups in total. The highest BCUT2D eigenvalue weighted by Crippen LogP contribution is 2.32. The van der Waals surface area contributed by atoms with E-state index in [9.17, 15) is 4.39 Å². The van der Waals surface area contributed by atoms with Gasteiger partial charge >= 0.3 is 0 Å². The summed E-state index contributed by atoms with van der Waals surface area (Å²) < 4.78 is 14.4. The zero-order valence-electron chi connectivity index (χ0n) is 12.3. The van der Waals surface area contributed by atoms with Crippen LogP contribution >= 0.6 is 0 Å². The average Bonchev–Trinajstić information content (AvgIpc) is 2.78. The van der Waals surface area contributed by atoms with E-state index in [1.54, 1.807) is 6.92 Å². The molecule has 1 aromatic rings. The number of piperidine rings is 1.